The van der Waals surface area contributed by atoms with E-state index in [-0.39, 0.29) is 11.9 Å². The van der Waals surface area contributed by atoms with Gasteiger partial charge in [0.15, 0.2) is 0 Å². The Hall–Kier alpha value is -1.98. The first-order valence-electron chi connectivity index (χ1n) is 6.27. The van der Waals surface area contributed by atoms with Crippen molar-refractivity contribution in [3.63, 3.8) is 0 Å². The minimum atomic E-state index is -0.222. The van der Waals surface area contributed by atoms with Crippen molar-refractivity contribution in [2.45, 2.75) is 32.6 Å². The fourth-order valence-electron chi connectivity index (χ4n) is 1.48. The summed E-state index contributed by atoms with van der Waals surface area (Å²) < 4.78 is 4.54. The topological polar surface area (TPSA) is 81.2 Å². The number of nitrogens with one attached hydrogen (secondary N) is 1. The van der Waals surface area contributed by atoms with Crippen molar-refractivity contribution in [2.24, 2.45) is 0 Å². The zero-order valence-corrected chi connectivity index (χ0v) is 11.3. The summed E-state index contributed by atoms with van der Waals surface area (Å²) in [5.41, 5.74) is 1.10. The third-order valence-electron chi connectivity index (χ3n) is 2.58. The van der Waals surface area contributed by atoms with Gasteiger partial charge in [-0.3, -0.25) is 14.6 Å². The predicted octanol–water partition coefficient (Wildman–Crippen LogP) is 1.25. The zero-order chi connectivity index (χ0) is 14.1. The first-order valence-corrected chi connectivity index (χ1v) is 6.27. The normalized spacial score (nSPS) is 10.0. The van der Waals surface area contributed by atoms with E-state index in [2.05, 4.69) is 20.0 Å². The number of ether oxygens (including phenoxy) is 1. The molecule has 1 amide bonds. The predicted molar refractivity (Wildman–Crippen MR) is 69.6 cm³/mol. The van der Waals surface area contributed by atoms with Gasteiger partial charge in [-0.15, -0.1) is 0 Å². The van der Waals surface area contributed by atoms with Crippen LogP contribution in [0.1, 0.15) is 41.9 Å². The molecule has 0 unspecified atom stereocenters. The number of nitrogens with zero attached hydrogens (tertiary/aromatic N) is 2. The van der Waals surface area contributed by atoms with Gasteiger partial charge < -0.3 is 10.1 Å². The molecular weight excluding hydrogens is 246 g/mol. The minimum Gasteiger partial charge on any atom is -0.469 e. The molecule has 0 saturated heterocycles. The number of rotatable bonds is 7. The first-order chi connectivity index (χ1) is 9.13. The Kier molecular flexibility index (Phi) is 6.49. The van der Waals surface area contributed by atoms with Crippen LogP contribution in [-0.4, -0.2) is 35.5 Å². The van der Waals surface area contributed by atoms with E-state index >= 15 is 0 Å². The summed E-state index contributed by atoms with van der Waals surface area (Å²) in [4.78, 5) is 30.5. The number of unbranched alkanes of at least 4 members (excludes halogenated alkanes) is 2. The van der Waals surface area contributed by atoms with Crippen LogP contribution < -0.4 is 5.32 Å². The lowest BCUT2D eigenvalue weighted by molar-refractivity contribution is -0.140. The number of hydrogen-bond donors (Lipinski definition) is 1. The van der Waals surface area contributed by atoms with E-state index in [1.54, 1.807) is 6.20 Å². The highest BCUT2D eigenvalue weighted by Crippen LogP contribution is 2.00. The second-order valence-corrected chi connectivity index (χ2v) is 4.19. The van der Waals surface area contributed by atoms with Crippen LogP contribution in [0.25, 0.3) is 0 Å². The Bertz CT molecular complexity index is 418. The van der Waals surface area contributed by atoms with Crippen LogP contribution >= 0.6 is 0 Å². The van der Waals surface area contributed by atoms with Crippen molar-refractivity contribution in [1.82, 2.24) is 15.3 Å². The average molecular weight is 265 g/mol. The third kappa shape index (κ3) is 5.94. The maximum Gasteiger partial charge on any atom is 0.305 e. The fourth-order valence-corrected chi connectivity index (χ4v) is 1.48. The summed E-state index contributed by atoms with van der Waals surface area (Å²) in [5, 5.41) is 2.76. The molecule has 1 heterocycles. The number of hydrogen-bond acceptors (Lipinski definition) is 5. The molecule has 1 aromatic rings. The van der Waals surface area contributed by atoms with Crippen molar-refractivity contribution < 1.29 is 14.3 Å². The van der Waals surface area contributed by atoms with Gasteiger partial charge in [0, 0.05) is 19.2 Å². The fraction of sp³-hybridized carbons (Fsp3) is 0.538. The van der Waals surface area contributed by atoms with Gasteiger partial charge in [-0.05, 0) is 19.8 Å². The highest BCUT2D eigenvalue weighted by molar-refractivity contribution is 5.91. The highest BCUT2D eigenvalue weighted by atomic mass is 16.5. The zero-order valence-electron chi connectivity index (χ0n) is 11.3. The molecule has 0 bridgehead atoms. The van der Waals surface area contributed by atoms with Gasteiger partial charge in [-0.1, -0.05) is 6.42 Å². The number of aryl methyl sites for hydroxylation is 1. The van der Waals surface area contributed by atoms with Crippen molar-refractivity contribution in [2.75, 3.05) is 13.7 Å². The number of esters is 1. The Morgan fingerprint density at radius 3 is 2.63 bits per heavy atom. The van der Waals surface area contributed by atoms with E-state index in [0.717, 1.165) is 25.0 Å². The summed E-state index contributed by atoms with van der Waals surface area (Å²) in [6.07, 6.45) is 5.91. The van der Waals surface area contributed by atoms with Gasteiger partial charge in [0.25, 0.3) is 5.91 Å². The second kappa shape index (κ2) is 8.18. The molecule has 1 aromatic heterocycles. The summed E-state index contributed by atoms with van der Waals surface area (Å²) >= 11 is 0. The van der Waals surface area contributed by atoms with Gasteiger partial charge in [0.2, 0.25) is 0 Å². The van der Waals surface area contributed by atoms with Crippen molar-refractivity contribution in [3.05, 3.63) is 23.8 Å². The molecule has 0 aromatic carbocycles. The van der Waals surface area contributed by atoms with Crippen LogP contribution in [0.4, 0.5) is 0 Å². The Balaban J connectivity index is 2.14. The van der Waals surface area contributed by atoms with E-state index in [9.17, 15) is 9.59 Å². The molecule has 0 atom stereocenters. The van der Waals surface area contributed by atoms with Crippen LogP contribution in [0.2, 0.25) is 0 Å². The lowest BCUT2D eigenvalue weighted by Gasteiger charge is -2.04. The van der Waals surface area contributed by atoms with Crippen molar-refractivity contribution >= 4 is 11.9 Å². The van der Waals surface area contributed by atoms with E-state index < -0.39 is 0 Å². The molecular formula is C13H19N3O3. The maximum absolute atomic E-state index is 11.7. The summed E-state index contributed by atoms with van der Waals surface area (Å²) in [7, 11) is 1.38. The lowest BCUT2D eigenvalue weighted by atomic mass is 10.2. The lowest BCUT2D eigenvalue weighted by Crippen LogP contribution is -2.25. The first kappa shape index (κ1) is 15.1. The molecule has 0 radical (unpaired) electrons. The molecule has 6 heteroatoms. The SMILES string of the molecule is COC(=O)CCCCCNC(=O)c1cnc(C)cn1. The molecule has 1 N–H and O–H groups in total. The van der Waals surface area contributed by atoms with Gasteiger partial charge in [0.05, 0.1) is 19.0 Å². The molecule has 19 heavy (non-hydrogen) atoms. The quantitative estimate of drug-likeness (QED) is 0.592. The molecule has 104 valence electrons. The minimum absolute atomic E-state index is 0.195. The molecule has 0 aliphatic heterocycles. The van der Waals surface area contributed by atoms with E-state index in [1.165, 1.54) is 13.3 Å². The van der Waals surface area contributed by atoms with Gasteiger partial charge in [0.1, 0.15) is 5.69 Å². The summed E-state index contributed by atoms with van der Waals surface area (Å²) in [5.74, 6) is -0.417. The monoisotopic (exact) mass is 265 g/mol. The molecule has 0 spiro atoms. The number of amides is 1. The second-order valence-electron chi connectivity index (χ2n) is 4.19. The molecule has 0 fully saturated rings. The number of aromatic nitrogens is 2. The number of carbonyl (C=O) groups is 2. The van der Waals surface area contributed by atoms with Crippen LogP contribution in [0, 0.1) is 6.92 Å². The Morgan fingerprint density at radius 1 is 1.21 bits per heavy atom. The Labute approximate surface area is 112 Å². The largest absolute Gasteiger partial charge is 0.469 e. The summed E-state index contributed by atoms with van der Waals surface area (Å²) in [6.45, 7) is 2.38. The maximum atomic E-state index is 11.7. The van der Waals surface area contributed by atoms with E-state index in [4.69, 9.17) is 0 Å². The standard InChI is InChI=1S/C13H19N3O3/c1-10-8-16-11(9-15-10)13(18)14-7-5-3-4-6-12(17)19-2/h8-9H,3-7H2,1-2H3,(H,14,18). The Morgan fingerprint density at radius 2 is 2.00 bits per heavy atom. The van der Waals surface area contributed by atoms with E-state index in [1.807, 2.05) is 6.92 Å². The van der Waals surface area contributed by atoms with Crippen LogP contribution in [0.5, 0.6) is 0 Å². The van der Waals surface area contributed by atoms with Gasteiger partial charge >= 0.3 is 5.97 Å². The van der Waals surface area contributed by atoms with Crippen molar-refractivity contribution in [3.8, 4) is 0 Å². The number of carbonyl (C=O) groups excluding carboxylic acids is 2. The van der Waals surface area contributed by atoms with E-state index in [0.29, 0.717) is 18.7 Å². The molecule has 0 saturated carbocycles. The van der Waals surface area contributed by atoms with Crippen LogP contribution in [0.15, 0.2) is 12.4 Å². The van der Waals surface area contributed by atoms with Crippen LogP contribution in [-0.2, 0) is 9.53 Å². The van der Waals surface area contributed by atoms with Crippen molar-refractivity contribution in [1.29, 1.82) is 0 Å². The molecule has 1 rings (SSSR count). The smallest absolute Gasteiger partial charge is 0.305 e. The van der Waals surface area contributed by atoms with Gasteiger partial charge in [-0.25, -0.2) is 4.98 Å². The van der Waals surface area contributed by atoms with Gasteiger partial charge in [-0.2, -0.15) is 0 Å². The average Bonchev–Trinajstić information content (AvgIpc) is 2.42. The molecule has 0 aliphatic carbocycles. The molecule has 0 aliphatic rings. The third-order valence-corrected chi connectivity index (χ3v) is 2.58. The van der Waals surface area contributed by atoms with Crippen LogP contribution in [0.3, 0.4) is 0 Å². The number of methoxy groups -OCH3 is 1. The summed E-state index contributed by atoms with van der Waals surface area (Å²) in [6, 6.07) is 0. The molecule has 6 nitrogen and oxygen atoms in total. The highest BCUT2D eigenvalue weighted by Gasteiger charge is 2.06.